The number of carbonyl (C=O) groups is 1. The molecule has 0 unspecified atom stereocenters. The van der Waals surface area contributed by atoms with Crippen molar-refractivity contribution < 1.29 is 52.9 Å². The van der Waals surface area contributed by atoms with Gasteiger partial charge in [-0.2, -0.15) is 8.42 Å². The van der Waals surface area contributed by atoms with E-state index in [1.807, 2.05) is 0 Å². The predicted octanol–water partition coefficient (Wildman–Crippen LogP) is 1.15. The molecule has 0 fully saturated rings. The van der Waals surface area contributed by atoms with Gasteiger partial charge < -0.3 is 5.61 Å². The predicted molar refractivity (Wildman–Crippen MR) is 79.8 cm³/mol. The minimum absolute atomic E-state index is 0. The summed E-state index contributed by atoms with van der Waals surface area (Å²) in [6.45, 7) is 2.21. The smallest absolute Gasteiger partial charge is 1.00 e. The van der Waals surface area contributed by atoms with Gasteiger partial charge in [0.15, 0.2) is 0 Å². The van der Waals surface area contributed by atoms with Crippen LogP contribution in [0.2, 0.25) is 0 Å². The zero-order valence-electron chi connectivity index (χ0n) is 14.5. The van der Waals surface area contributed by atoms with Gasteiger partial charge in [-0.15, -0.1) is 0 Å². The second-order valence-electron chi connectivity index (χ2n) is 5.17. The monoisotopic (exact) mass is 332 g/mol. The Bertz CT molecular complexity index is 349. The summed E-state index contributed by atoms with van der Waals surface area (Å²) < 4.78 is 32.6. The molecule has 0 saturated carbocycles. The third-order valence-electron chi connectivity index (χ3n) is 3.18. The van der Waals surface area contributed by atoms with E-state index < -0.39 is 16.4 Å². The van der Waals surface area contributed by atoms with E-state index in [0.717, 1.165) is 19.3 Å². The first-order valence-corrected chi connectivity index (χ1v) is 9.02. The summed E-state index contributed by atoms with van der Waals surface area (Å²) in [5.74, 6) is -0.886. The van der Waals surface area contributed by atoms with Gasteiger partial charge in [0.1, 0.15) is 0 Å². The number of hydrogen-bond acceptors (Lipinski definition) is 4. The Morgan fingerprint density at radius 1 is 0.905 bits per heavy atom. The molecule has 7 heteroatoms. The third kappa shape index (κ3) is 20.4. The molecule has 0 radical (unpaired) electrons. The number of hydrogen-bond donors (Lipinski definition) is 1. The first-order valence-electron chi connectivity index (χ1n) is 7.65. The fourth-order valence-electron chi connectivity index (χ4n) is 2.09. The van der Waals surface area contributed by atoms with Crippen LogP contribution in [0, 0.1) is 0 Å². The van der Waals surface area contributed by atoms with Crippen molar-refractivity contribution >= 4 is 16.4 Å². The zero-order chi connectivity index (χ0) is 15.3. The Hall–Kier alpha value is 0.380. The van der Waals surface area contributed by atoms with E-state index >= 15 is 0 Å². The molecule has 0 aliphatic carbocycles. The number of carbonyl (C=O) groups excluding carboxylic acids is 1. The van der Waals surface area contributed by atoms with Crippen LogP contribution in [0.15, 0.2) is 0 Å². The van der Waals surface area contributed by atoms with Crippen LogP contribution in [0.4, 0.5) is 0 Å². The molecule has 0 atom stereocenters. The van der Waals surface area contributed by atoms with E-state index in [1.54, 1.807) is 0 Å². The molecule has 0 aromatic heterocycles. The molecule has 0 aliphatic rings. The minimum atomic E-state index is -4.64. The second-order valence-corrected chi connectivity index (χ2v) is 6.19. The minimum Gasteiger partial charge on any atom is -1.00 e. The number of unbranched alkanes of at least 4 members (excludes halogenated alkanes) is 10. The van der Waals surface area contributed by atoms with Gasteiger partial charge in [-0.3, -0.25) is 9.35 Å². The summed E-state index contributed by atoms with van der Waals surface area (Å²) in [7, 11) is -4.64. The van der Waals surface area contributed by atoms with Crippen LogP contribution in [0.25, 0.3) is 0 Å². The SMILES string of the molecule is CCCCCCCCCCCCCC(=O)OS(=O)(=O)O.[H-].[Na+]. The fraction of sp³-hybridized carbons (Fsp3) is 0.929. The van der Waals surface area contributed by atoms with E-state index in [1.165, 1.54) is 44.9 Å². The quantitative estimate of drug-likeness (QED) is 0.311. The third-order valence-corrected chi connectivity index (χ3v) is 3.58. The van der Waals surface area contributed by atoms with E-state index in [-0.39, 0.29) is 37.4 Å². The summed E-state index contributed by atoms with van der Waals surface area (Å²) in [6, 6.07) is 0. The molecule has 0 amide bonds. The summed E-state index contributed by atoms with van der Waals surface area (Å²) in [5.41, 5.74) is 0. The first kappa shape index (κ1) is 23.6. The van der Waals surface area contributed by atoms with Gasteiger partial charge in [0, 0.05) is 6.42 Å². The Morgan fingerprint density at radius 2 is 1.29 bits per heavy atom. The van der Waals surface area contributed by atoms with Crippen LogP contribution >= 0.6 is 0 Å². The van der Waals surface area contributed by atoms with Gasteiger partial charge in [0.2, 0.25) is 0 Å². The van der Waals surface area contributed by atoms with Crippen molar-refractivity contribution in [1.29, 1.82) is 0 Å². The largest absolute Gasteiger partial charge is 1.00 e. The van der Waals surface area contributed by atoms with E-state index in [4.69, 9.17) is 4.55 Å². The Balaban J connectivity index is -0.00000180. The topological polar surface area (TPSA) is 80.7 Å². The molecule has 0 aliphatic heterocycles. The standard InChI is InChI=1S/C14H28O5S.Na.H/c1-2-3-4-5-6-7-8-9-10-11-12-13-14(15)19-20(16,17)18;;/h2-13H2,1H3,(H,16,17,18);;/q;+1;-1. The molecular weight excluding hydrogens is 303 g/mol. The maximum atomic E-state index is 11.0. The fourth-order valence-corrected chi connectivity index (χ4v) is 2.41. The molecule has 122 valence electrons. The van der Waals surface area contributed by atoms with Crippen molar-refractivity contribution in [3.8, 4) is 0 Å². The van der Waals surface area contributed by atoms with Crippen molar-refractivity contribution in [2.24, 2.45) is 0 Å². The molecule has 1 N–H and O–H groups in total. The van der Waals surface area contributed by atoms with Gasteiger partial charge >= 0.3 is 45.9 Å². The van der Waals surface area contributed by atoms with Crippen LogP contribution in [-0.2, 0) is 19.4 Å². The molecule has 0 spiro atoms. The molecule has 5 nitrogen and oxygen atoms in total. The van der Waals surface area contributed by atoms with Crippen LogP contribution in [-0.4, -0.2) is 18.9 Å². The Morgan fingerprint density at radius 3 is 1.67 bits per heavy atom. The van der Waals surface area contributed by atoms with Crippen molar-refractivity contribution in [3.63, 3.8) is 0 Å². The zero-order valence-corrected chi connectivity index (χ0v) is 16.3. The molecule has 0 saturated heterocycles. The summed E-state index contributed by atoms with van der Waals surface area (Å²) in [5, 5.41) is 0. The van der Waals surface area contributed by atoms with Gasteiger partial charge in [-0.1, -0.05) is 71.1 Å². The van der Waals surface area contributed by atoms with Crippen molar-refractivity contribution in [2.75, 3.05) is 0 Å². The van der Waals surface area contributed by atoms with Gasteiger partial charge in [-0.25, -0.2) is 0 Å². The number of rotatable bonds is 13. The molecule has 21 heavy (non-hydrogen) atoms. The van der Waals surface area contributed by atoms with E-state index in [9.17, 15) is 13.2 Å². The summed E-state index contributed by atoms with van der Waals surface area (Å²) >= 11 is 0. The van der Waals surface area contributed by atoms with Crippen LogP contribution < -0.4 is 29.6 Å². The Kier molecular flexibility index (Phi) is 17.2. The van der Waals surface area contributed by atoms with E-state index in [0.29, 0.717) is 6.42 Å². The normalized spacial score (nSPS) is 11.0. The van der Waals surface area contributed by atoms with Gasteiger partial charge in [0.25, 0.3) is 0 Å². The van der Waals surface area contributed by atoms with E-state index in [2.05, 4.69) is 11.1 Å². The molecular formula is C14H29NaO5S. The average Bonchev–Trinajstić information content (AvgIpc) is 2.34. The Labute approximate surface area is 152 Å². The second kappa shape index (κ2) is 15.3. The maximum Gasteiger partial charge on any atom is 1.00 e. The first-order chi connectivity index (χ1) is 9.45. The molecule has 0 aromatic rings. The summed E-state index contributed by atoms with van der Waals surface area (Å²) in [6.07, 6.45) is 12.8. The van der Waals surface area contributed by atoms with Crippen LogP contribution in [0.3, 0.4) is 0 Å². The van der Waals surface area contributed by atoms with Crippen molar-refractivity contribution in [2.45, 2.75) is 84.0 Å². The van der Waals surface area contributed by atoms with Crippen molar-refractivity contribution in [3.05, 3.63) is 0 Å². The molecule has 0 aromatic carbocycles. The average molecular weight is 332 g/mol. The van der Waals surface area contributed by atoms with Gasteiger partial charge in [-0.05, 0) is 6.42 Å². The van der Waals surface area contributed by atoms with Crippen LogP contribution in [0.1, 0.15) is 85.4 Å². The molecule has 0 bridgehead atoms. The van der Waals surface area contributed by atoms with Gasteiger partial charge in [0.05, 0.1) is 0 Å². The molecule has 0 heterocycles. The summed E-state index contributed by atoms with van der Waals surface area (Å²) in [4.78, 5) is 11.0. The van der Waals surface area contributed by atoms with Crippen LogP contribution in [0.5, 0.6) is 0 Å². The van der Waals surface area contributed by atoms with Crippen molar-refractivity contribution in [1.82, 2.24) is 0 Å². The molecule has 0 rings (SSSR count). The maximum absolute atomic E-state index is 11.0.